The van der Waals surface area contributed by atoms with Crippen LogP contribution in [0.5, 0.6) is 0 Å². The number of anilines is 2. The predicted molar refractivity (Wildman–Crippen MR) is 81.4 cm³/mol. The lowest BCUT2D eigenvalue weighted by Gasteiger charge is -2.24. The molecule has 0 saturated carbocycles. The molecule has 0 amide bonds. The van der Waals surface area contributed by atoms with Gasteiger partial charge in [0.1, 0.15) is 5.82 Å². The molecule has 0 saturated heterocycles. The summed E-state index contributed by atoms with van der Waals surface area (Å²) in [6.45, 7) is 4.93. The van der Waals surface area contributed by atoms with Crippen LogP contribution in [0.25, 0.3) is 0 Å². The van der Waals surface area contributed by atoms with Gasteiger partial charge in [-0.05, 0) is 17.5 Å². The number of aromatic carboxylic acids is 1. The third-order valence-electron chi connectivity index (χ3n) is 3.05. The molecule has 0 radical (unpaired) electrons. The largest absolute Gasteiger partial charge is 0.478 e. The molecular formula is C14H17N3O2S. The van der Waals surface area contributed by atoms with Crippen LogP contribution in [0.1, 0.15) is 29.1 Å². The maximum absolute atomic E-state index is 10.8. The Morgan fingerprint density at radius 3 is 2.85 bits per heavy atom. The van der Waals surface area contributed by atoms with Crippen LogP contribution in [0.15, 0.2) is 29.8 Å². The summed E-state index contributed by atoms with van der Waals surface area (Å²) in [7, 11) is 0. The van der Waals surface area contributed by atoms with Gasteiger partial charge in [0.15, 0.2) is 0 Å². The lowest BCUT2D eigenvalue weighted by Crippen LogP contribution is -2.27. The van der Waals surface area contributed by atoms with E-state index in [1.54, 1.807) is 11.3 Å². The number of nitrogens with zero attached hydrogens (tertiary/aromatic N) is 1. The van der Waals surface area contributed by atoms with Gasteiger partial charge < -0.3 is 16.2 Å². The number of nitrogen functional groups attached to an aromatic ring is 1. The smallest absolute Gasteiger partial charge is 0.337 e. The first kappa shape index (κ1) is 14.3. The molecular weight excluding hydrogens is 274 g/mol. The van der Waals surface area contributed by atoms with Crippen molar-refractivity contribution >= 4 is 28.8 Å². The van der Waals surface area contributed by atoms with E-state index < -0.39 is 5.97 Å². The fourth-order valence-corrected chi connectivity index (χ4v) is 2.65. The van der Waals surface area contributed by atoms with E-state index in [0.29, 0.717) is 18.1 Å². The van der Waals surface area contributed by atoms with E-state index >= 15 is 0 Å². The monoisotopic (exact) mass is 291 g/mol. The van der Waals surface area contributed by atoms with Crippen molar-refractivity contribution in [3.05, 3.63) is 40.2 Å². The maximum atomic E-state index is 10.8. The van der Waals surface area contributed by atoms with E-state index in [-0.39, 0.29) is 11.0 Å². The van der Waals surface area contributed by atoms with E-state index in [1.807, 2.05) is 11.4 Å². The minimum absolute atomic E-state index is 0.0479. The van der Waals surface area contributed by atoms with Crippen LogP contribution in [0.3, 0.4) is 0 Å². The molecule has 0 aliphatic carbocycles. The molecule has 0 atom stereocenters. The van der Waals surface area contributed by atoms with Crippen LogP contribution in [0.4, 0.5) is 11.5 Å². The molecule has 6 heteroatoms. The molecule has 20 heavy (non-hydrogen) atoms. The highest BCUT2D eigenvalue weighted by molar-refractivity contribution is 7.10. The molecule has 2 aromatic rings. The van der Waals surface area contributed by atoms with Gasteiger partial charge >= 0.3 is 5.97 Å². The fourth-order valence-electron chi connectivity index (χ4n) is 1.80. The zero-order chi connectivity index (χ0) is 14.8. The second-order valence-corrected chi connectivity index (χ2v) is 6.13. The predicted octanol–water partition coefficient (Wildman–Crippen LogP) is 2.81. The molecule has 2 aromatic heterocycles. The number of pyridine rings is 1. The van der Waals surface area contributed by atoms with E-state index in [4.69, 9.17) is 10.8 Å². The topological polar surface area (TPSA) is 88.2 Å². The summed E-state index contributed by atoms with van der Waals surface area (Å²) in [4.78, 5) is 16.2. The Bertz CT molecular complexity index is 609. The SMILES string of the molecule is CC(C)(CNc1ncc(C(=O)O)cc1N)c1cccs1. The molecule has 106 valence electrons. The molecule has 0 fully saturated rings. The molecule has 5 nitrogen and oxygen atoms in total. The lowest BCUT2D eigenvalue weighted by molar-refractivity contribution is 0.0696. The number of carbonyl (C=O) groups is 1. The molecule has 0 aliphatic rings. The van der Waals surface area contributed by atoms with E-state index in [1.165, 1.54) is 17.1 Å². The average molecular weight is 291 g/mol. The van der Waals surface area contributed by atoms with Gasteiger partial charge in [-0.15, -0.1) is 11.3 Å². The van der Waals surface area contributed by atoms with Crippen LogP contribution in [0, 0.1) is 0 Å². The number of nitrogens with two attached hydrogens (primary N) is 1. The molecule has 0 aromatic carbocycles. The average Bonchev–Trinajstić information content (AvgIpc) is 2.91. The summed E-state index contributed by atoms with van der Waals surface area (Å²) in [6, 6.07) is 5.53. The van der Waals surface area contributed by atoms with Crippen LogP contribution >= 0.6 is 11.3 Å². The van der Waals surface area contributed by atoms with Crippen LogP contribution < -0.4 is 11.1 Å². The first-order valence-electron chi connectivity index (χ1n) is 6.17. The third kappa shape index (κ3) is 3.08. The Kier molecular flexibility index (Phi) is 3.94. The van der Waals surface area contributed by atoms with Gasteiger partial charge in [-0.2, -0.15) is 0 Å². The minimum atomic E-state index is -1.03. The molecule has 2 heterocycles. The zero-order valence-corrected chi connectivity index (χ0v) is 12.2. The number of hydrogen-bond acceptors (Lipinski definition) is 5. The molecule has 2 rings (SSSR count). The first-order valence-corrected chi connectivity index (χ1v) is 7.05. The second-order valence-electron chi connectivity index (χ2n) is 5.18. The quantitative estimate of drug-likeness (QED) is 0.788. The summed E-state index contributed by atoms with van der Waals surface area (Å²) < 4.78 is 0. The highest BCUT2D eigenvalue weighted by atomic mass is 32.1. The van der Waals surface area contributed by atoms with Gasteiger partial charge in [0.05, 0.1) is 11.3 Å². The van der Waals surface area contributed by atoms with Crippen LogP contribution in [-0.4, -0.2) is 22.6 Å². The molecule has 4 N–H and O–H groups in total. The van der Waals surface area contributed by atoms with Crippen molar-refractivity contribution in [2.75, 3.05) is 17.6 Å². The normalized spacial score (nSPS) is 11.3. The number of carboxylic acids is 1. The summed E-state index contributed by atoms with van der Waals surface area (Å²) >= 11 is 1.71. The molecule has 0 spiro atoms. The standard InChI is InChI=1S/C14H17N3O2S/c1-14(2,11-4-3-5-20-11)8-17-12-10(15)6-9(7-16-12)13(18)19/h3-7H,8,15H2,1-2H3,(H,16,17)(H,18,19). The maximum Gasteiger partial charge on any atom is 0.337 e. The highest BCUT2D eigenvalue weighted by Gasteiger charge is 2.22. The Labute approximate surface area is 121 Å². The van der Waals surface area contributed by atoms with Crippen molar-refractivity contribution < 1.29 is 9.90 Å². The van der Waals surface area contributed by atoms with Gasteiger partial charge in [0.25, 0.3) is 0 Å². The van der Waals surface area contributed by atoms with Gasteiger partial charge in [-0.25, -0.2) is 9.78 Å². The van der Waals surface area contributed by atoms with Crippen molar-refractivity contribution in [2.24, 2.45) is 0 Å². The van der Waals surface area contributed by atoms with E-state index in [0.717, 1.165) is 0 Å². The fraction of sp³-hybridized carbons (Fsp3) is 0.286. The summed E-state index contributed by atoms with van der Waals surface area (Å²) in [6.07, 6.45) is 1.30. The van der Waals surface area contributed by atoms with Gasteiger partial charge in [-0.3, -0.25) is 0 Å². The van der Waals surface area contributed by atoms with Crippen molar-refractivity contribution in [3.63, 3.8) is 0 Å². The molecule has 0 unspecified atom stereocenters. The second kappa shape index (κ2) is 5.50. The number of carboxylic acid groups (broad SMARTS) is 1. The number of hydrogen-bond donors (Lipinski definition) is 3. The first-order chi connectivity index (χ1) is 9.40. The van der Waals surface area contributed by atoms with E-state index in [9.17, 15) is 4.79 Å². The lowest BCUT2D eigenvalue weighted by atomic mass is 9.91. The molecule has 0 aliphatic heterocycles. The highest BCUT2D eigenvalue weighted by Crippen LogP contribution is 2.28. The third-order valence-corrected chi connectivity index (χ3v) is 4.29. The van der Waals surface area contributed by atoms with Crippen LogP contribution in [-0.2, 0) is 5.41 Å². The summed E-state index contributed by atoms with van der Waals surface area (Å²) in [5, 5.41) is 14.1. The van der Waals surface area contributed by atoms with Gasteiger partial charge in [0, 0.05) is 23.0 Å². The number of thiophene rings is 1. The van der Waals surface area contributed by atoms with Crippen LogP contribution in [0.2, 0.25) is 0 Å². The number of nitrogens with one attached hydrogen (secondary N) is 1. The Morgan fingerprint density at radius 1 is 1.55 bits per heavy atom. The number of aromatic nitrogens is 1. The van der Waals surface area contributed by atoms with Crippen molar-refractivity contribution in [1.82, 2.24) is 4.98 Å². The van der Waals surface area contributed by atoms with Crippen molar-refractivity contribution in [3.8, 4) is 0 Å². The van der Waals surface area contributed by atoms with Gasteiger partial charge in [0.2, 0.25) is 0 Å². The van der Waals surface area contributed by atoms with Crippen molar-refractivity contribution in [2.45, 2.75) is 19.3 Å². The molecule has 0 bridgehead atoms. The Morgan fingerprint density at radius 2 is 2.30 bits per heavy atom. The minimum Gasteiger partial charge on any atom is -0.478 e. The number of rotatable bonds is 5. The van der Waals surface area contributed by atoms with E-state index in [2.05, 4.69) is 30.2 Å². The Hall–Kier alpha value is -2.08. The zero-order valence-electron chi connectivity index (χ0n) is 11.4. The van der Waals surface area contributed by atoms with Gasteiger partial charge in [-0.1, -0.05) is 19.9 Å². The summed E-state index contributed by atoms with van der Waals surface area (Å²) in [5.41, 5.74) is 6.20. The summed E-state index contributed by atoms with van der Waals surface area (Å²) in [5.74, 6) is -0.519. The van der Waals surface area contributed by atoms with Crippen molar-refractivity contribution in [1.29, 1.82) is 0 Å². The Balaban J connectivity index is 2.10.